The lowest BCUT2D eigenvalue weighted by molar-refractivity contribution is 0.0695. The molecule has 0 saturated heterocycles. The predicted octanol–water partition coefficient (Wildman–Crippen LogP) is 2.65. The molecule has 0 fully saturated rings. The predicted molar refractivity (Wildman–Crippen MR) is 80.9 cm³/mol. The fourth-order valence-corrected chi connectivity index (χ4v) is 3.39. The number of anilines is 1. The summed E-state index contributed by atoms with van der Waals surface area (Å²) in [4.78, 5) is 14.8. The second-order valence-corrected chi connectivity index (χ2v) is 6.76. The van der Waals surface area contributed by atoms with Crippen LogP contribution in [-0.4, -0.2) is 24.5 Å². The number of pyridine rings is 1. The number of carboxylic acids is 1. The topological polar surface area (TPSA) is 96.4 Å². The number of nitrogens with one attached hydrogen (secondary N) is 1. The number of aromatic carboxylic acids is 1. The molecule has 0 saturated carbocycles. The van der Waals surface area contributed by atoms with Gasteiger partial charge in [-0.15, -0.1) is 0 Å². The van der Waals surface area contributed by atoms with Gasteiger partial charge in [0.2, 0.25) is 0 Å². The lowest BCUT2D eigenvalue weighted by Crippen LogP contribution is -2.14. The molecular weight excluding hydrogens is 360 g/mol. The molecule has 0 atom stereocenters. The number of rotatable bonds is 4. The van der Waals surface area contributed by atoms with Crippen molar-refractivity contribution in [2.45, 2.75) is 11.8 Å². The molecule has 6 nitrogen and oxygen atoms in total. The van der Waals surface area contributed by atoms with Crippen LogP contribution in [0.3, 0.4) is 0 Å². The number of aromatic nitrogens is 1. The molecule has 0 unspecified atom stereocenters. The first kappa shape index (κ1) is 15.5. The number of benzene rings is 1. The third-order valence-corrected chi connectivity index (χ3v) is 4.98. The van der Waals surface area contributed by atoms with Crippen molar-refractivity contribution in [3.8, 4) is 0 Å². The molecule has 21 heavy (non-hydrogen) atoms. The summed E-state index contributed by atoms with van der Waals surface area (Å²) >= 11 is 3.18. The van der Waals surface area contributed by atoms with Crippen molar-refractivity contribution in [1.82, 2.24) is 4.98 Å². The summed E-state index contributed by atoms with van der Waals surface area (Å²) in [5.41, 5.74) is 0.739. The summed E-state index contributed by atoms with van der Waals surface area (Å²) in [6.07, 6.45) is 2.90. The molecule has 0 aliphatic heterocycles. The molecule has 1 heterocycles. The van der Waals surface area contributed by atoms with Gasteiger partial charge in [0.1, 0.15) is 0 Å². The van der Waals surface area contributed by atoms with Gasteiger partial charge in [0.15, 0.2) is 0 Å². The van der Waals surface area contributed by atoms with Crippen molar-refractivity contribution in [1.29, 1.82) is 0 Å². The molecule has 0 radical (unpaired) electrons. The van der Waals surface area contributed by atoms with E-state index in [9.17, 15) is 13.2 Å². The van der Waals surface area contributed by atoms with Gasteiger partial charge < -0.3 is 5.11 Å². The van der Waals surface area contributed by atoms with Crippen molar-refractivity contribution >= 4 is 37.6 Å². The van der Waals surface area contributed by atoms with Gasteiger partial charge in [0.05, 0.1) is 16.1 Å². The summed E-state index contributed by atoms with van der Waals surface area (Å²) in [6, 6.07) is 5.50. The Balaban J connectivity index is 2.48. The number of hydrogen-bond donors (Lipinski definition) is 2. The largest absolute Gasteiger partial charge is 0.478 e. The summed E-state index contributed by atoms with van der Waals surface area (Å²) in [5.74, 6) is -1.19. The quantitative estimate of drug-likeness (QED) is 0.862. The summed E-state index contributed by atoms with van der Waals surface area (Å²) in [5, 5.41) is 9.13. The Hall–Kier alpha value is -1.93. The molecule has 0 bridgehead atoms. The Kier molecular flexibility index (Phi) is 4.29. The highest BCUT2D eigenvalue weighted by Gasteiger charge is 2.20. The van der Waals surface area contributed by atoms with Crippen LogP contribution in [0.25, 0.3) is 0 Å². The van der Waals surface area contributed by atoms with Gasteiger partial charge in [-0.1, -0.05) is 15.9 Å². The molecule has 2 aromatic rings. The second-order valence-electron chi connectivity index (χ2n) is 4.22. The van der Waals surface area contributed by atoms with E-state index >= 15 is 0 Å². The Labute approximate surface area is 130 Å². The van der Waals surface area contributed by atoms with E-state index in [4.69, 9.17) is 5.11 Å². The van der Waals surface area contributed by atoms with Crippen LogP contribution >= 0.6 is 15.9 Å². The number of halogens is 1. The average Bonchev–Trinajstić information content (AvgIpc) is 2.41. The molecule has 2 N–H and O–H groups in total. The lowest BCUT2D eigenvalue weighted by Gasteiger charge is -2.11. The lowest BCUT2D eigenvalue weighted by atomic mass is 10.1. The summed E-state index contributed by atoms with van der Waals surface area (Å²) in [6.45, 7) is 1.60. The van der Waals surface area contributed by atoms with E-state index in [1.54, 1.807) is 6.92 Å². The number of sulfonamides is 1. The van der Waals surface area contributed by atoms with Crippen LogP contribution in [0.15, 0.2) is 46.0 Å². The highest BCUT2D eigenvalue weighted by atomic mass is 79.9. The van der Waals surface area contributed by atoms with Crippen LogP contribution in [0.5, 0.6) is 0 Å². The molecule has 1 aromatic carbocycles. The summed E-state index contributed by atoms with van der Waals surface area (Å²) < 4.78 is 27.4. The number of carbonyl (C=O) groups is 1. The Morgan fingerprint density at radius 1 is 1.29 bits per heavy atom. The average molecular weight is 371 g/mol. The first-order chi connectivity index (χ1) is 9.81. The third-order valence-electron chi connectivity index (χ3n) is 2.79. The van der Waals surface area contributed by atoms with Gasteiger partial charge in [0, 0.05) is 16.9 Å². The van der Waals surface area contributed by atoms with Crippen LogP contribution < -0.4 is 4.72 Å². The zero-order chi connectivity index (χ0) is 15.6. The Bertz CT molecular complexity index is 791. The third kappa shape index (κ3) is 3.40. The first-order valence-electron chi connectivity index (χ1n) is 5.77. The van der Waals surface area contributed by atoms with E-state index < -0.39 is 16.0 Å². The van der Waals surface area contributed by atoms with Crippen molar-refractivity contribution in [3.05, 3.63) is 52.3 Å². The maximum atomic E-state index is 12.3. The fourth-order valence-electron chi connectivity index (χ4n) is 1.67. The Morgan fingerprint density at radius 2 is 1.90 bits per heavy atom. The minimum absolute atomic E-state index is 0.0699. The van der Waals surface area contributed by atoms with Crippen molar-refractivity contribution in [2.24, 2.45) is 0 Å². The van der Waals surface area contributed by atoms with E-state index in [0.29, 0.717) is 15.7 Å². The van der Waals surface area contributed by atoms with Crippen LogP contribution in [0, 0.1) is 6.92 Å². The standard InChI is InChI=1S/C13H11BrN2O4S/c1-8-11(13(17)18)6-10(7-12(8)14)21(19,20)16-9-2-4-15-5-3-9/h2-7H,1H3,(H,15,16)(H,17,18). The highest BCUT2D eigenvalue weighted by molar-refractivity contribution is 9.10. The normalized spacial score (nSPS) is 11.1. The molecule has 0 amide bonds. The van der Waals surface area contributed by atoms with Crippen molar-refractivity contribution < 1.29 is 18.3 Å². The molecule has 1 aromatic heterocycles. The van der Waals surface area contributed by atoms with Gasteiger partial charge in [-0.25, -0.2) is 13.2 Å². The zero-order valence-corrected chi connectivity index (χ0v) is 13.3. The van der Waals surface area contributed by atoms with Gasteiger partial charge in [0.25, 0.3) is 10.0 Å². The van der Waals surface area contributed by atoms with Gasteiger partial charge >= 0.3 is 5.97 Å². The van der Waals surface area contributed by atoms with Crippen LogP contribution in [-0.2, 0) is 10.0 Å². The smallest absolute Gasteiger partial charge is 0.336 e. The fraction of sp³-hybridized carbons (Fsp3) is 0.0769. The monoisotopic (exact) mass is 370 g/mol. The van der Waals surface area contributed by atoms with Crippen LogP contribution in [0.4, 0.5) is 5.69 Å². The van der Waals surface area contributed by atoms with Gasteiger partial charge in [-0.05, 0) is 36.8 Å². The van der Waals surface area contributed by atoms with Gasteiger partial charge in [-0.3, -0.25) is 9.71 Å². The van der Waals surface area contributed by atoms with Crippen molar-refractivity contribution in [3.63, 3.8) is 0 Å². The molecule has 0 aliphatic rings. The molecule has 0 spiro atoms. The Morgan fingerprint density at radius 3 is 2.48 bits per heavy atom. The minimum Gasteiger partial charge on any atom is -0.478 e. The summed E-state index contributed by atoms with van der Waals surface area (Å²) in [7, 11) is -3.88. The number of carboxylic acid groups (broad SMARTS) is 1. The van der Waals surface area contributed by atoms with E-state index in [2.05, 4.69) is 25.6 Å². The molecule has 110 valence electrons. The molecular formula is C13H11BrN2O4S. The first-order valence-corrected chi connectivity index (χ1v) is 8.05. The molecule has 0 aliphatic carbocycles. The van der Waals surface area contributed by atoms with E-state index in [-0.39, 0.29) is 10.5 Å². The molecule has 8 heteroatoms. The van der Waals surface area contributed by atoms with Crippen molar-refractivity contribution in [2.75, 3.05) is 4.72 Å². The maximum absolute atomic E-state index is 12.3. The number of hydrogen-bond acceptors (Lipinski definition) is 4. The second kappa shape index (κ2) is 5.82. The number of nitrogens with zero attached hydrogens (tertiary/aromatic N) is 1. The van der Waals surface area contributed by atoms with E-state index in [0.717, 1.165) is 6.07 Å². The van der Waals surface area contributed by atoms with E-state index in [1.807, 2.05) is 0 Å². The maximum Gasteiger partial charge on any atom is 0.336 e. The molecule has 2 rings (SSSR count). The minimum atomic E-state index is -3.88. The van der Waals surface area contributed by atoms with Crippen LogP contribution in [0.1, 0.15) is 15.9 Å². The zero-order valence-electron chi connectivity index (χ0n) is 10.9. The highest BCUT2D eigenvalue weighted by Crippen LogP contribution is 2.26. The van der Waals surface area contributed by atoms with E-state index in [1.165, 1.54) is 30.6 Å². The SMILES string of the molecule is Cc1c(Br)cc(S(=O)(=O)Nc2ccncc2)cc1C(=O)O. The van der Waals surface area contributed by atoms with Crippen LogP contribution in [0.2, 0.25) is 0 Å². The van der Waals surface area contributed by atoms with Gasteiger partial charge in [-0.2, -0.15) is 0 Å².